The number of benzene rings is 2. The van der Waals surface area contributed by atoms with E-state index in [4.69, 9.17) is 9.84 Å². The van der Waals surface area contributed by atoms with Crippen LogP contribution in [-0.4, -0.2) is 32.9 Å². The highest BCUT2D eigenvalue weighted by Gasteiger charge is 2.23. The zero-order valence-corrected chi connectivity index (χ0v) is 18.8. The molecule has 4 aromatic rings. The molecular weight excluding hydrogens is 478 g/mol. The largest absolute Gasteiger partial charge is 0.493 e. The highest BCUT2D eigenvalue weighted by atomic mass is 79.9. The van der Waals surface area contributed by atoms with Gasteiger partial charge in [-0.2, -0.15) is 0 Å². The average molecular weight is 496 g/mol. The first-order valence-electron chi connectivity index (χ1n) is 9.81. The first-order valence-corrected chi connectivity index (χ1v) is 11.4. The number of halogens is 1. The third-order valence-corrected chi connectivity index (χ3v) is 6.68. The molecule has 5 rings (SSSR count). The van der Waals surface area contributed by atoms with Crippen molar-refractivity contribution >= 4 is 38.6 Å². The SMILES string of the molecule is O=c1c(Cc2cncnc2)cn2c3c(cc(OCCCO)cc13)Sc1ccc(Br)cc1-2. The molecule has 0 amide bonds. The number of ether oxygens (including phenoxy) is 1. The molecule has 0 bridgehead atoms. The molecule has 2 aromatic carbocycles. The summed E-state index contributed by atoms with van der Waals surface area (Å²) in [4.78, 5) is 23.7. The fraction of sp³-hybridized carbons (Fsp3) is 0.174. The van der Waals surface area contributed by atoms with E-state index in [-0.39, 0.29) is 12.0 Å². The van der Waals surface area contributed by atoms with Crippen LogP contribution in [-0.2, 0) is 6.42 Å². The van der Waals surface area contributed by atoms with E-state index >= 15 is 0 Å². The zero-order chi connectivity index (χ0) is 21.4. The number of rotatable bonds is 6. The molecule has 0 aliphatic carbocycles. The van der Waals surface area contributed by atoms with Crippen molar-refractivity contribution in [3.63, 3.8) is 0 Å². The minimum atomic E-state index is -0.0250. The van der Waals surface area contributed by atoms with E-state index in [0.717, 1.165) is 31.0 Å². The molecule has 6 nitrogen and oxygen atoms in total. The third kappa shape index (κ3) is 3.86. The van der Waals surface area contributed by atoms with Crippen molar-refractivity contribution in [1.82, 2.24) is 14.5 Å². The van der Waals surface area contributed by atoms with Crippen molar-refractivity contribution in [2.75, 3.05) is 13.2 Å². The van der Waals surface area contributed by atoms with E-state index < -0.39 is 0 Å². The van der Waals surface area contributed by atoms with Gasteiger partial charge in [0.2, 0.25) is 0 Å². The second-order valence-corrected chi connectivity index (χ2v) is 9.23. The molecule has 0 saturated heterocycles. The van der Waals surface area contributed by atoms with Crippen LogP contribution in [0.2, 0.25) is 0 Å². The summed E-state index contributed by atoms with van der Waals surface area (Å²) in [6.07, 6.45) is 7.85. The molecule has 8 heteroatoms. The lowest BCUT2D eigenvalue weighted by molar-refractivity contribution is 0.233. The number of aromatic nitrogens is 3. The Morgan fingerprint density at radius 1 is 1.13 bits per heavy atom. The Morgan fingerprint density at radius 3 is 2.77 bits per heavy atom. The molecule has 0 unspecified atom stereocenters. The number of hydrogen-bond acceptors (Lipinski definition) is 6. The van der Waals surface area contributed by atoms with Gasteiger partial charge in [-0.05, 0) is 35.9 Å². The predicted octanol–water partition coefficient (Wildman–Crippen LogP) is 4.36. The van der Waals surface area contributed by atoms with E-state index in [1.165, 1.54) is 6.33 Å². The maximum absolute atomic E-state index is 13.5. The van der Waals surface area contributed by atoms with Gasteiger partial charge in [-0.1, -0.05) is 27.7 Å². The molecule has 3 heterocycles. The van der Waals surface area contributed by atoms with Crippen LogP contribution in [0.5, 0.6) is 5.75 Å². The number of nitrogens with zero attached hydrogens (tertiary/aromatic N) is 3. The normalized spacial score (nSPS) is 12.1. The summed E-state index contributed by atoms with van der Waals surface area (Å²) in [7, 11) is 0. The van der Waals surface area contributed by atoms with Gasteiger partial charge in [0, 0.05) is 57.9 Å². The quantitative estimate of drug-likeness (QED) is 0.352. The van der Waals surface area contributed by atoms with E-state index in [1.54, 1.807) is 24.2 Å². The summed E-state index contributed by atoms with van der Waals surface area (Å²) in [5, 5.41) is 9.68. The molecule has 0 fully saturated rings. The third-order valence-electron chi connectivity index (χ3n) is 5.09. The smallest absolute Gasteiger partial charge is 0.193 e. The number of pyridine rings is 1. The van der Waals surface area contributed by atoms with Crippen LogP contribution < -0.4 is 10.2 Å². The lowest BCUT2D eigenvalue weighted by Crippen LogP contribution is -2.17. The van der Waals surface area contributed by atoms with Crippen LogP contribution >= 0.6 is 27.7 Å². The van der Waals surface area contributed by atoms with Crippen molar-refractivity contribution in [2.45, 2.75) is 22.6 Å². The standard InChI is InChI=1S/C23H18BrN3O3S/c24-16-2-3-20-19(7-16)27-12-15(6-14-10-25-13-26-11-14)23(29)18-8-17(30-5-1-4-28)9-21(31-20)22(18)27/h2-3,7-13,28H,1,4-6H2. The lowest BCUT2D eigenvalue weighted by Gasteiger charge is -2.24. The molecule has 1 N–H and O–H groups in total. The van der Waals surface area contributed by atoms with Gasteiger partial charge in [0.1, 0.15) is 12.1 Å². The fourth-order valence-electron chi connectivity index (χ4n) is 3.71. The van der Waals surface area contributed by atoms with Gasteiger partial charge < -0.3 is 14.4 Å². The average Bonchev–Trinajstić information content (AvgIpc) is 2.78. The van der Waals surface area contributed by atoms with E-state index in [0.29, 0.717) is 36.1 Å². The van der Waals surface area contributed by atoms with E-state index in [9.17, 15) is 4.79 Å². The van der Waals surface area contributed by atoms with Crippen molar-refractivity contribution in [2.24, 2.45) is 0 Å². The predicted molar refractivity (Wildman–Crippen MR) is 123 cm³/mol. The number of fused-ring (bicyclic) bond motifs is 2. The fourth-order valence-corrected chi connectivity index (χ4v) is 5.18. The Hall–Kier alpha value is -2.68. The highest BCUT2D eigenvalue weighted by Crippen LogP contribution is 2.44. The van der Waals surface area contributed by atoms with Gasteiger partial charge >= 0.3 is 0 Å². The minimum absolute atomic E-state index is 0.0250. The molecule has 31 heavy (non-hydrogen) atoms. The second kappa shape index (κ2) is 8.45. The number of aliphatic hydroxyl groups excluding tert-OH is 1. The van der Waals surface area contributed by atoms with E-state index in [1.807, 2.05) is 24.4 Å². The second-order valence-electron chi connectivity index (χ2n) is 7.23. The molecular formula is C23H18BrN3O3S. The Balaban J connectivity index is 1.73. The van der Waals surface area contributed by atoms with Crippen molar-refractivity contribution < 1.29 is 9.84 Å². The maximum Gasteiger partial charge on any atom is 0.193 e. The Bertz CT molecular complexity index is 1340. The van der Waals surface area contributed by atoms with E-state index in [2.05, 4.69) is 42.6 Å². The monoisotopic (exact) mass is 495 g/mol. The van der Waals surface area contributed by atoms with Gasteiger partial charge in [0.15, 0.2) is 5.43 Å². The summed E-state index contributed by atoms with van der Waals surface area (Å²) in [6, 6.07) is 9.93. The van der Waals surface area contributed by atoms with Crippen LogP contribution in [0.1, 0.15) is 17.5 Å². The van der Waals surface area contributed by atoms with Gasteiger partial charge in [0.05, 0.1) is 23.2 Å². The summed E-state index contributed by atoms with van der Waals surface area (Å²) in [5.74, 6) is 0.632. The molecule has 2 aromatic heterocycles. The van der Waals surface area contributed by atoms with Crippen LogP contribution in [0, 0.1) is 0 Å². The van der Waals surface area contributed by atoms with Crippen LogP contribution in [0.15, 0.2) is 74.3 Å². The molecule has 1 aliphatic heterocycles. The molecule has 0 saturated carbocycles. The molecule has 0 atom stereocenters. The van der Waals surface area contributed by atoms with Crippen molar-refractivity contribution in [3.8, 4) is 11.4 Å². The summed E-state index contributed by atoms with van der Waals surface area (Å²) in [6.45, 7) is 0.457. The van der Waals surface area contributed by atoms with Crippen molar-refractivity contribution in [3.05, 3.63) is 81.1 Å². The molecule has 156 valence electrons. The minimum Gasteiger partial charge on any atom is -0.493 e. The van der Waals surface area contributed by atoms with Gasteiger partial charge in [-0.3, -0.25) is 4.79 Å². The number of hydrogen-bond donors (Lipinski definition) is 1. The Morgan fingerprint density at radius 2 is 1.97 bits per heavy atom. The zero-order valence-electron chi connectivity index (χ0n) is 16.4. The Labute approximate surface area is 191 Å². The lowest BCUT2D eigenvalue weighted by atomic mass is 10.0. The molecule has 1 aliphatic rings. The van der Waals surface area contributed by atoms with Crippen LogP contribution in [0.3, 0.4) is 0 Å². The van der Waals surface area contributed by atoms with Crippen molar-refractivity contribution in [1.29, 1.82) is 0 Å². The van der Waals surface area contributed by atoms with Gasteiger partial charge in [0.25, 0.3) is 0 Å². The summed E-state index contributed by atoms with van der Waals surface area (Å²) >= 11 is 5.20. The first kappa shape index (κ1) is 20.2. The summed E-state index contributed by atoms with van der Waals surface area (Å²) < 4.78 is 8.90. The van der Waals surface area contributed by atoms with Crippen LogP contribution in [0.25, 0.3) is 16.6 Å². The van der Waals surface area contributed by atoms with Gasteiger partial charge in [-0.25, -0.2) is 9.97 Å². The molecule has 0 radical (unpaired) electrons. The van der Waals surface area contributed by atoms with Crippen LogP contribution in [0.4, 0.5) is 0 Å². The Kier molecular flexibility index (Phi) is 5.52. The molecule has 0 spiro atoms. The highest BCUT2D eigenvalue weighted by molar-refractivity contribution is 9.10. The van der Waals surface area contributed by atoms with Gasteiger partial charge in [-0.15, -0.1) is 0 Å². The maximum atomic E-state index is 13.5. The topological polar surface area (TPSA) is 77.2 Å². The first-order chi connectivity index (χ1) is 15.1. The summed E-state index contributed by atoms with van der Waals surface area (Å²) in [5.41, 5.74) is 3.42. The number of aliphatic hydroxyl groups is 1.